The lowest BCUT2D eigenvalue weighted by Gasteiger charge is -2.18. The Balaban J connectivity index is 1.66. The second-order valence-electron chi connectivity index (χ2n) is 5.68. The second kappa shape index (κ2) is 7.00. The molecule has 0 spiro atoms. The van der Waals surface area contributed by atoms with Crippen LogP contribution in [-0.2, 0) is 0 Å². The van der Waals surface area contributed by atoms with Crippen molar-refractivity contribution < 1.29 is 4.79 Å². The van der Waals surface area contributed by atoms with Crippen LogP contribution in [0.2, 0.25) is 5.02 Å². The first-order valence-electron chi connectivity index (χ1n) is 7.76. The van der Waals surface area contributed by atoms with E-state index >= 15 is 0 Å². The van der Waals surface area contributed by atoms with Gasteiger partial charge in [0.1, 0.15) is 11.5 Å². The lowest BCUT2D eigenvalue weighted by molar-refractivity contribution is 0.0935. The molecule has 1 aliphatic rings. The van der Waals surface area contributed by atoms with Crippen LogP contribution in [0, 0.1) is 6.92 Å². The predicted octanol–water partition coefficient (Wildman–Crippen LogP) is 1.88. The summed E-state index contributed by atoms with van der Waals surface area (Å²) in [6, 6.07) is 5.33. The molecule has 1 unspecified atom stereocenters. The van der Waals surface area contributed by atoms with Gasteiger partial charge in [-0.25, -0.2) is 15.0 Å². The number of carbonyl (C=O) groups excluding carboxylic acids is 1. The zero-order valence-electron chi connectivity index (χ0n) is 13.6. The highest BCUT2D eigenvalue weighted by Gasteiger charge is 2.26. The zero-order chi connectivity index (χ0) is 17.1. The summed E-state index contributed by atoms with van der Waals surface area (Å²) in [5, 5.41) is 6.50. The van der Waals surface area contributed by atoms with Gasteiger partial charge >= 0.3 is 0 Å². The molecule has 126 valence electrons. The number of anilines is 2. The number of hydrogen-bond donors (Lipinski definition) is 2. The van der Waals surface area contributed by atoms with Crippen molar-refractivity contribution in [2.24, 2.45) is 0 Å². The summed E-state index contributed by atoms with van der Waals surface area (Å²) in [4.78, 5) is 27.2. The monoisotopic (exact) mass is 346 g/mol. The van der Waals surface area contributed by atoms with E-state index in [0.29, 0.717) is 23.2 Å². The topological polar surface area (TPSA) is 83.0 Å². The Hall–Kier alpha value is -2.41. The number of rotatable bonds is 4. The van der Waals surface area contributed by atoms with Crippen molar-refractivity contribution in [3.63, 3.8) is 0 Å². The van der Waals surface area contributed by atoms with Crippen LogP contribution >= 0.6 is 11.6 Å². The van der Waals surface area contributed by atoms with Gasteiger partial charge in [0, 0.05) is 38.1 Å². The maximum absolute atomic E-state index is 12.4. The quantitative estimate of drug-likeness (QED) is 0.879. The lowest BCUT2D eigenvalue weighted by Crippen LogP contribution is -2.37. The normalized spacial score (nSPS) is 17.0. The number of hydrogen-bond acceptors (Lipinski definition) is 6. The Bertz CT molecular complexity index is 753. The molecule has 0 aromatic carbocycles. The molecule has 1 fully saturated rings. The summed E-state index contributed by atoms with van der Waals surface area (Å²) in [5.41, 5.74) is 1.11. The maximum atomic E-state index is 12.4. The zero-order valence-corrected chi connectivity index (χ0v) is 14.3. The fourth-order valence-corrected chi connectivity index (χ4v) is 2.98. The number of nitrogens with one attached hydrogen (secondary N) is 2. The molecule has 2 N–H and O–H groups in total. The minimum absolute atomic E-state index is 0.0314. The summed E-state index contributed by atoms with van der Waals surface area (Å²) < 4.78 is 0. The third-order valence-corrected chi connectivity index (χ3v) is 4.17. The van der Waals surface area contributed by atoms with Crippen molar-refractivity contribution in [2.45, 2.75) is 19.4 Å². The molecule has 24 heavy (non-hydrogen) atoms. The molecule has 3 heterocycles. The predicted molar refractivity (Wildman–Crippen MR) is 93.6 cm³/mol. The van der Waals surface area contributed by atoms with Crippen LogP contribution in [-0.4, -0.2) is 47.0 Å². The molecular weight excluding hydrogens is 328 g/mol. The first-order chi connectivity index (χ1) is 11.6. The average Bonchev–Trinajstić information content (AvgIpc) is 3.02. The van der Waals surface area contributed by atoms with Crippen LogP contribution in [0.5, 0.6) is 0 Å². The van der Waals surface area contributed by atoms with E-state index in [-0.39, 0.29) is 11.9 Å². The van der Waals surface area contributed by atoms with Crippen molar-refractivity contribution in [3.8, 4) is 0 Å². The van der Waals surface area contributed by atoms with E-state index in [0.717, 1.165) is 24.5 Å². The molecule has 2 aromatic rings. The Labute approximate surface area is 145 Å². The largest absolute Gasteiger partial charge is 0.357 e. The standard InChI is InChI=1S/C16H19ClN6O/c1-10-8-13(22-16(18-2)20-10)15(24)21-11-5-7-23(9-11)14-12(17)4-3-6-19-14/h3-4,6,8,11H,5,7,9H2,1-2H3,(H,21,24)(H,18,20,22). The summed E-state index contributed by atoms with van der Waals surface area (Å²) >= 11 is 6.19. The van der Waals surface area contributed by atoms with Crippen LogP contribution < -0.4 is 15.5 Å². The summed E-state index contributed by atoms with van der Waals surface area (Å²) in [5.74, 6) is 0.996. The van der Waals surface area contributed by atoms with E-state index < -0.39 is 0 Å². The SMILES string of the molecule is CNc1nc(C)cc(C(=O)NC2CCN(c3ncccc3Cl)C2)n1. The molecule has 0 bridgehead atoms. The van der Waals surface area contributed by atoms with Gasteiger partial charge in [0.25, 0.3) is 5.91 Å². The molecule has 1 saturated heterocycles. The molecule has 2 aromatic heterocycles. The fraction of sp³-hybridized carbons (Fsp3) is 0.375. The van der Waals surface area contributed by atoms with Gasteiger partial charge in [-0.15, -0.1) is 0 Å². The van der Waals surface area contributed by atoms with E-state index in [1.54, 1.807) is 25.4 Å². The van der Waals surface area contributed by atoms with Gasteiger partial charge in [0.2, 0.25) is 5.95 Å². The van der Waals surface area contributed by atoms with Crippen molar-refractivity contribution in [1.29, 1.82) is 0 Å². The molecular formula is C16H19ClN6O. The Kier molecular flexibility index (Phi) is 4.80. The molecule has 3 rings (SSSR count). The van der Waals surface area contributed by atoms with Gasteiger partial charge in [-0.2, -0.15) is 0 Å². The van der Waals surface area contributed by atoms with Crippen molar-refractivity contribution in [3.05, 3.63) is 40.8 Å². The number of aryl methyl sites for hydroxylation is 1. The molecule has 8 heteroatoms. The minimum atomic E-state index is -0.198. The van der Waals surface area contributed by atoms with Crippen LogP contribution in [0.1, 0.15) is 22.6 Å². The van der Waals surface area contributed by atoms with Crippen LogP contribution in [0.3, 0.4) is 0 Å². The van der Waals surface area contributed by atoms with E-state index in [2.05, 4.69) is 30.5 Å². The van der Waals surface area contributed by atoms with Gasteiger partial charge in [-0.1, -0.05) is 11.6 Å². The number of carbonyl (C=O) groups is 1. The Morgan fingerprint density at radius 2 is 2.25 bits per heavy atom. The molecule has 0 aliphatic carbocycles. The maximum Gasteiger partial charge on any atom is 0.270 e. The molecule has 1 aliphatic heterocycles. The minimum Gasteiger partial charge on any atom is -0.357 e. The number of nitrogens with zero attached hydrogens (tertiary/aromatic N) is 4. The molecule has 0 saturated carbocycles. The summed E-state index contributed by atoms with van der Waals surface area (Å²) in [6.07, 6.45) is 2.55. The highest BCUT2D eigenvalue weighted by molar-refractivity contribution is 6.32. The lowest BCUT2D eigenvalue weighted by atomic mass is 10.2. The van der Waals surface area contributed by atoms with Crippen molar-refractivity contribution >= 4 is 29.3 Å². The van der Waals surface area contributed by atoms with E-state index in [1.165, 1.54) is 0 Å². The number of aromatic nitrogens is 3. The third kappa shape index (κ3) is 3.56. The summed E-state index contributed by atoms with van der Waals surface area (Å²) in [6.45, 7) is 3.30. The average molecular weight is 347 g/mol. The number of pyridine rings is 1. The number of amides is 1. The second-order valence-corrected chi connectivity index (χ2v) is 6.09. The van der Waals surface area contributed by atoms with Crippen molar-refractivity contribution in [1.82, 2.24) is 20.3 Å². The first kappa shape index (κ1) is 16.4. The summed E-state index contributed by atoms with van der Waals surface area (Å²) in [7, 11) is 1.72. The van der Waals surface area contributed by atoms with E-state index in [4.69, 9.17) is 11.6 Å². The molecule has 1 atom stereocenters. The molecule has 7 nitrogen and oxygen atoms in total. The Morgan fingerprint density at radius 3 is 3.00 bits per heavy atom. The van der Waals surface area contributed by atoms with Gasteiger partial charge in [0.05, 0.1) is 5.02 Å². The fourth-order valence-electron chi connectivity index (χ4n) is 2.74. The first-order valence-corrected chi connectivity index (χ1v) is 8.14. The van der Waals surface area contributed by atoms with Crippen LogP contribution in [0.15, 0.2) is 24.4 Å². The molecule has 0 radical (unpaired) electrons. The number of halogens is 1. The third-order valence-electron chi connectivity index (χ3n) is 3.87. The van der Waals surface area contributed by atoms with E-state index in [9.17, 15) is 4.79 Å². The highest BCUT2D eigenvalue weighted by Crippen LogP contribution is 2.25. The van der Waals surface area contributed by atoms with Gasteiger partial charge in [0.15, 0.2) is 0 Å². The van der Waals surface area contributed by atoms with Crippen LogP contribution in [0.25, 0.3) is 0 Å². The van der Waals surface area contributed by atoms with Gasteiger partial charge in [-0.3, -0.25) is 4.79 Å². The smallest absolute Gasteiger partial charge is 0.270 e. The van der Waals surface area contributed by atoms with Crippen LogP contribution in [0.4, 0.5) is 11.8 Å². The van der Waals surface area contributed by atoms with Gasteiger partial charge in [-0.05, 0) is 31.5 Å². The molecule has 1 amide bonds. The van der Waals surface area contributed by atoms with E-state index in [1.807, 2.05) is 13.0 Å². The Morgan fingerprint density at radius 1 is 1.42 bits per heavy atom. The van der Waals surface area contributed by atoms with Crippen molar-refractivity contribution in [2.75, 3.05) is 30.4 Å². The van der Waals surface area contributed by atoms with Gasteiger partial charge < -0.3 is 15.5 Å². The highest BCUT2D eigenvalue weighted by atomic mass is 35.5.